The van der Waals surface area contributed by atoms with Crippen LogP contribution in [-0.4, -0.2) is 26.7 Å². The molecule has 3 N–H and O–H groups in total. The third kappa shape index (κ3) is 2.12. The van der Waals surface area contributed by atoms with E-state index >= 15 is 0 Å². The van der Waals surface area contributed by atoms with Gasteiger partial charge in [0.2, 0.25) is 0 Å². The summed E-state index contributed by atoms with van der Waals surface area (Å²) in [4.78, 5) is 1.73. The first-order valence-electron chi connectivity index (χ1n) is 7.08. The van der Waals surface area contributed by atoms with Crippen LogP contribution in [0, 0.1) is 5.92 Å². The van der Waals surface area contributed by atoms with E-state index in [1.165, 1.54) is 38.9 Å². The number of piperidine rings is 1. The maximum absolute atomic E-state index is 2.47. The molecule has 2 heteroatoms. The highest BCUT2D eigenvalue weighted by atomic mass is 15.1. The fourth-order valence-electron chi connectivity index (χ4n) is 3.76. The molecule has 2 unspecified atom stereocenters. The van der Waals surface area contributed by atoms with E-state index in [0.717, 1.165) is 12.0 Å². The minimum absolute atomic E-state index is 0.758. The summed E-state index contributed by atoms with van der Waals surface area (Å²) >= 11 is 0. The molecule has 2 aliphatic heterocycles. The van der Waals surface area contributed by atoms with Crippen LogP contribution in [0.1, 0.15) is 30.0 Å². The lowest BCUT2D eigenvalue weighted by Crippen LogP contribution is -3.11. The molecule has 1 fully saturated rings. The summed E-state index contributed by atoms with van der Waals surface area (Å²) in [7, 11) is 2.39. The average molecular weight is 232 g/mol. The Labute approximate surface area is 104 Å². The van der Waals surface area contributed by atoms with Gasteiger partial charge in [-0.25, -0.2) is 0 Å². The molecule has 0 spiro atoms. The van der Waals surface area contributed by atoms with Crippen molar-refractivity contribution in [2.75, 3.05) is 26.7 Å². The zero-order chi connectivity index (χ0) is 11.7. The quantitative estimate of drug-likeness (QED) is 0.668. The van der Waals surface area contributed by atoms with Gasteiger partial charge in [-0.2, -0.15) is 0 Å². The SMILES string of the molecule is C[NH+]1CCc2ccccc2C1C1CC[NH2+]CC1. The van der Waals surface area contributed by atoms with Crippen LogP contribution in [0.25, 0.3) is 0 Å². The van der Waals surface area contributed by atoms with Gasteiger partial charge >= 0.3 is 0 Å². The van der Waals surface area contributed by atoms with Gasteiger partial charge in [0.15, 0.2) is 0 Å². The molecule has 0 radical (unpaired) electrons. The first kappa shape index (κ1) is 11.2. The molecular formula is C15H24N2+2. The number of likely N-dealkylation sites (N-methyl/N-ethyl adjacent to an activating group) is 1. The topological polar surface area (TPSA) is 21.1 Å². The van der Waals surface area contributed by atoms with Crippen molar-refractivity contribution in [2.24, 2.45) is 5.92 Å². The number of quaternary nitrogens is 2. The summed E-state index contributed by atoms with van der Waals surface area (Å²) in [5.41, 5.74) is 3.25. The van der Waals surface area contributed by atoms with E-state index in [4.69, 9.17) is 0 Å². The first-order valence-corrected chi connectivity index (χ1v) is 7.08. The molecule has 0 aliphatic carbocycles. The first-order chi connectivity index (χ1) is 8.36. The van der Waals surface area contributed by atoms with Gasteiger partial charge in [-0.15, -0.1) is 0 Å². The number of hydrogen-bond donors (Lipinski definition) is 2. The molecule has 2 nitrogen and oxygen atoms in total. The van der Waals surface area contributed by atoms with E-state index in [-0.39, 0.29) is 0 Å². The van der Waals surface area contributed by atoms with Crippen LogP contribution < -0.4 is 10.2 Å². The number of benzene rings is 1. The summed E-state index contributed by atoms with van der Waals surface area (Å²) in [6.45, 7) is 3.97. The second-order valence-electron chi connectivity index (χ2n) is 5.73. The largest absolute Gasteiger partial charge is 0.346 e. The molecule has 17 heavy (non-hydrogen) atoms. The van der Waals surface area contributed by atoms with Crippen LogP contribution in [0.15, 0.2) is 24.3 Å². The highest BCUT2D eigenvalue weighted by molar-refractivity contribution is 5.30. The van der Waals surface area contributed by atoms with Crippen molar-refractivity contribution in [3.8, 4) is 0 Å². The fourth-order valence-corrected chi connectivity index (χ4v) is 3.76. The number of hydrogen-bond acceptors (Lipinski definition) is 0. The van der Waals surface area contributed by atoms with E-state index < -0.39 is 0 Å². The smallest absolute Gasteiger partial charge is 0.116 e. The van der Waals surface area contributed by atoms with E-state index in [0.29, 0.717) is 0 Å². The van der Waals surface area contributed by atoms with Gasteiger partial charge in [-0.1, -0.05) is 24.3 Å². The Morgan fingerprint density at radius 2 is 1.94 bits per heavy atom. The predicted molar refractivity (Wildman–Crippen MR) is 69.0 cm³/mol. The molecule has 0 bridgehead atoms. The molecule has 0 amide bonds. The van der Waals surface area contributed by atoms with Crippen LogP contribution in [0.5, 0.6) is 0 Å². The van der Waals surface area contributed by atoms with Gasteiger partial charge in [-0.3, -0.25) is 0 Å². The zero-order valence-corrected chi connectivity index (χ0v) is 10.8. The minimum Gasteiger partial charge on any atom is -0.346 e. The summed E-state index contributed by atoms with van der Waals surface area (Å²) < 4.78 is 0. The predicted octanol–water partition coefficient (Wildman–Crippen LogP) is -0.228. The molecule has 2 atom stereocenters. The normalized spacial score (nSPS) is 29.9. The number of rotatable bonds is 1. The van der Waals surface area contributed by atoms with Gasteiger partial charge in [-0.05, 0) is 5.56 Å². The van der Waals surface area contributed by atoms with Crippen molar-refractivity contribution in [1.29, 1.82) is 0 Å². The monoisotopic (exact) mass is 232 g/mol. The molecule has 0 saturated carbocycles. The Morgan fingerprint density at radius 3 is 2.76 bits per heavy atom. The molecule has 3 rings (SSSR count). The highest BCUT2D eigenvalue weighted by Gasteiger charge is 2.36. The third-order valence-electron chi connectivity index (χ3n) is 4.66. The van der Waals surface area contributed by atoms with Crippen molar-refractivity contribution >= 4 is 0 Å². The molecule has 1 saturated heterocycles. The molecule has 1 aromatic rings. The summed E-state index contributed by atoms with van der Waals surface area (Å²) in [5.74, 6) is 0.904. The van der Waals surface area contributed by atoms with Crippen molar-refractivity contribution in [1.82, 2.24) is 0 Å². The van der Waals surface area contributed by atoms with Crippen LogP contribution in [0.4, 0.5) is 0 Å². The minimum atomic E-state index is 0.758. The third-order valence-corrected chi connectivity index (χ3v) is 4.66. The van der Waals surface area contributed by atoms with Crippen molar-refractivity contribution in [2.45, 2.75) is 25.3 Å². The summed E-state index contributed by atoms with van der Waals surface area (Å²) in [5, 5.41) is 2.47. The Kier molecular flexibility index (Phi) is 3.17. The van der Waals surface area contributed by atoms with E-state index in [1.807, 2.05) is 0 Å². The molecule has 0 aromatic heterocycles. The van der Waals surface area contributed by atoms with Crippen molar-refractivity contribution < 1.29 is 10.2 Å². The lowest BCUT2D eigenvalue weighted by molar-refractivity contribution is -0.920. The summed E-state index contributed by atoms with van der Waals surface area (Å²) in [6.07, 6.45) is 4.06. The fraction of sp³-hybridized carbons (Fsp3) is 0.600. The molecule has 1 aromatic carbocycles. The average Bonchev–Trinajstić information content (AvgIpc) is 2.39. The van der Waals surface area contributed by atoms with Gasteiger partial charge in [0, 0.05) is 30.7 Å². The van der Waals surface area contributed by atoms with Gasteiger partial charge < -0.3 is 10.2 Å². The van der Waals surface area contributed by atoms with E-state index in [2.05, 4.69) is 36.6 Å². The number of fused-ring (bicyclic) bond motifs is 1. The van der Waals surface area contributed by atoms with E-state index in [9.17, 15) is 0 Å². The Hall–Kier alpha value is -0.860. The molecule has 2 aliphatic rings. The van der Waals surface area contributed by atoms with Crippen molar-refractivity contribution in [3.63, 3.8) is 0 Å². The van der Waals surface area contributed by atoms with E-state index in [1.54, 1.807) is 16.0 Å². The van der Waals surface area contributed by atoms with Crippen LogP contribution in [-0.2, 0) is 6.42 Å². The zero-order valence-electron chi connectivity index (χ0n) is 10.8. The maximum atomic E-state index is 2.47. The van der Waals surface area contributed by atoms with Crippen LogP contribution in [0.3, 0.4) is 0 Å². The van der Waals surface area contributed by atoms with Gasteiger partial charge in [0.25, 0.3) is 0 Å². The Morgan fingerprint density at radius 1 is 1.18 bits per heavy atom. The maximum Gasteiger partial charge on any atom is 0.116 e. The van der Waals surface area contributed by atoms with Gasteiger partial charge in [0.1, 0.15) is 6.04 Å². The molecule has 2 heterocycles. The van der Waals surface area contributed by atoms with Gasteiger partial charge in [0.05, 0.1) is 26.7 Å². The number of nitrogens with two attached hydrogens (primary N) is 1. The molecular weight excluding hydrogens is 208 g/mol. The Balaban J connectivity index is 1.91. The van der Waals surface area contributed by atoms with Crippen LogP contribution >= 0.6 is 0 Å². The lowest BCUT2D eigenvalue weighted by atomic mass is 9.81. The number of nitrogens with one attached hydrogen (secondary N) is 1. The second kappa shape index (κ2) is 4.79. The lowest BCUT2D eigenvalue weighted by Gasteiger charge is -2.37. The van der Waals surface area contributed by atoms with Crippen LogP contribution in [0.2, 0.25) is 0 Å². The second-order valence-corrected chi connectivity index (χ2v) is 5.73. The Bertz CT molecular complexity index is 382. The summed E-state index contributed by atoms with van der Waals surface area (Å²) in [6, 6.07) is 9.89. The standard InChI is InChI=1S/C15H22N2/c1-17-11-8-12-4-2-3-5-14(12)15(17)13-6-9-16-10-7-13/h2-5,13,15-16H,6-11H2,1H3/p+2. The molecule has 92 valence electrons. The highest BCUT2D eigenvalue weighted by Crippen LogP contribution is 2.29. The van der Waals surface area contributed by atoms with Crippen molar-refractivity contribution in [3.05, 3.63) is 35.4 Å².